The molecule has 1 unspecified atom stereocenters. The second-order valence-corrected chi connectivity index (χ2v) is 6.85. The molecule has 0 spiro atoms. The van der Waals surface area contributed by atoms with Crippen LogP contribution in [0.2, 0.25) is 0 Å². The molecule has 0 bridgehead atoms. The number of hydrogen-bond donors (Lipinski definition) is 1. The van der Waals surface area contributed by atoms with Crippen LogP contribution in [0.3, 0.4) is 0 Å². The smallest absolute Gasteiger partial charge is 0.160 e. The molecule has 1 N–H and O–H groups in total. The normalized spacial score (nSPS) is 20.4. The van der Waals surface area contributed by atoms with Gasteiger partial charge in [0, 0.05) is 18.2 Å². The van der Waals surface area contributed by atoms with E-state index in [4.69, 9.17) is 4.98 Å². The Kier molecular flexibility index (Phi) is 3.50. The van der Waals surface area contributed by atoms with Crippen LogP contribution in [0.5, 0.6) is 0 Å². The highest BCUT2D eigenvalue weighted by atomic mass is 15.1. The van der Waals surface area contributed by atoms with Gasteiger partial charge in [-0.2, -0.15) is 0 Å². The molecule has 1 aliphatic rings. The van der Waals surface area contributed by atoms with E-state index in [1.54, 1.807) is 0 Å². The van der Waals surface area contributed by atoms with Crippen molar-refractivity contribution >= 4 is 11.2 Å². The van der Waals surface area contributed by atoms with Gasteiger partial charge in [-0.05, 0) is 44.0 Å². The Hall–Kier alpha value is -1.42. The molecule has 1 saturated heterocycles. The summed E-state index contributed by atoms with van der Waals surface area (Å²) in [6, 6.07) is 4.03. The first-order chi connectivity index (χ1) is 9.55. The number of piperidine rings is 1. The third kappa shape index (κ3) is 2.57. The standard InChI is InChI=1S/C16H24N4/c1-16(2,3)15-19-13-7-5-9-18-14(13)20(15)11-12-6-4-8-17-10-12/h5,7,9,12,17H,4,6,8,10-11H2,1-3H3. The predicted octanol–water partition coefficient (Wildman–Crippen LogP) is 2.73. The van der Waals surface area contributed by atoms with Crippen LogP contribution < -0.4 is 5.32 Å². The van der Waals surface area contributed by atoms with Crippen LogP contribution in [0.4, 0.5) is 0 Å². The Bertz CT molecular complexity index is 588. The monoisotopic (exact) mass is 272 g/mol. The van der Waals surface area contributed by atoms with Crippen LogP contribution in [0.15, 0.2) is 18.3 Å². The zero-order valence-electron chi connectivity index (χ0n) is 12.7. The first-order valence-corrected chi connectivity index (χ1v) is 7.58. The SMILES string of the molecule is CC(C)(C)c1nc2cccnc2n1CC1CCCNC1. The van der Waals surface area contributed by atoms with Gasteiger partial charge < -0.3 is 9.88 Å². The molecule has 108 valence electrons. The van der Waals surface area contributed by atoms with Gasteiger partial charge in [0.05, 0.1) is 0 Å². The van der Waals surface area contributed by atoms with Crippen LogP contribution in [0.25, 0.3) is 11.2 Å². The first kappa shape index (κ1) is 13.6. The summed E-state index contributed by atoms with van der Waals surface area (Å²) >= 11 is 0. The van der Waals surface area contributed by atoms with Crippen LogP contribution >= 0.6 is 0 Å². The summed E-state index contributed by atoms with van der Waals surface area (Å²) in [5.41, 5.74) is 2.09. The van der Waals surface area contributed by atoms with Crippen LogP contribution in [-0.4, -0.2) is 27.6 Å². The molecule has 2 aromatic heterocycles. The number of rotatable bonds is 2. The molecule has 4 nitrogen and oxygen atoms in total. The molecule has 4 heteroatoms. The van der Waals surface area contributed by atoms with Crippen molar-refractivity contribution in [2.24, 2.45) is 5.92 Å². The first-order valence-electron chi connectivity index (χ1n) is 7.58. The van der Waals surface area contributed by atoms with Crippen molar-refractivity contribution in [1.82, 2.24) is 19.9 Å². The Labute approximate surface area is 120 Å². The average molecular weight is 272 g/mol. The zero-order valence-corrected chi connectivity index (χ0v) is 12.7. The molecule has 0 aliphatic carbocycles. The molecular weight excluding hydrogens is 248 g/mol. The Morgan fingerprint density at radius 1 is 1.40 bits per heavy atom. The maximum atomic E-state index is 4.83. The summed E-state index contributed by atoms with van der Waals surface area (Å²) in [6.45, 7) is 9.96. The Balaban J connectivity index is 2.01. The maximum absolute atomic E-state index is 4.83. The number of imidazole rings is 1. The molecule has 1 atom stereocenters. The molecule has 3 rings (SSSR count). The van der Waals surface area contributed by atoms with Gasteiger partial charge >= 0.3 is 0 Å². The van der Waals surface area contributed by atoms with E-state index < -0.39 is 0 Å². The number of hydrogen-bond acceptors (Lipinski definition) is 3. The third-order valence-corrected chi connectivity index (χ3v) is 4.01. The molecule has 20 heavy (non-hydrogen) atoms. The number of nitrogens with one attached hydrogen (secondary N) is 1. The Morgan fingerprint density at radius 2 is 2.25 bits per heavy atom. The molecule has 1 aliphatic heterocycles. The van der Waals surface area contributed by atoms with Gasteiger partial charge in [-0.3, -0.25) is 0 Å². The van der Waals surface area contributed by atoms with Crippen LogP contribution in [0, 0.1) is 5.92 Å². The van der Waals surface area contributed by atoms with Crippen molar-refractivity contribution in [3.05, 3.63) is 24.2 Å². The summed E-state index contributed by atoms with van der Waals surface area (Å²) in [6.07, 6.45) is 4.44. The van der Waals surface area contributed by atoms with E-state index in [1.165, 1.54) is 12.8 Å². The van der Waals surface area contributed by atoms with Gasteiger partial charge in [-0.15, -0.1) is 0 Å². The lowest BCUT2D eigenvalue weighted by atomic mass is 9.94. The van der Waals surface area contributed by atoms with Gasteiger partial charge in [0.25, 0.3) is 0 Å². The second kappa shape index (κ2) is 5.17. The van der Waals surface area contributed by atoms with Gasteiger partial charge in [0.15, 0.2) is 5.65 Å². The summed E-state index contributed by atoms with van der Waals surface area (Å²) in [4.78, 5) is 9.39. The lowest BCUT2D eigenvalue weighted by Crippen LogP contribution is -2.33. The minimum Gasteiger partial charge on any atom is -0.316 e. The fraction of sp³-hybridized carbons (Fsp3) is 0.625. The van der Waals surface area contributed by atoms with E-state index in [0.29, 0.717) is 5.92 Å². The topological polar surface area (TPSA) is 42.7 Å². The number of nitrogens with zero attached hydrogens (tertiary/aromatic N) is 3. The van der Waals surface area contributed by atoms with Gasteiger partial charge in [0.1, 0.15) is 11.3 Å². The Morgan fingerprint density at radius 3 is 2.95 bits per heavy atom. The van der Waals surface area contributed by atoms with Gasteiger partial charge in [-0.25, -0.2) is 9.97 Å². The molecule has 3 heterocycles. The van der Waals surface area contributed by atoms with E-state index >= 15 is 0 Å². The van der Waals surface area contributed by atoms with Gasteiger partial charge in [0.2, 0.25) is 0 Å². The molecular formula is C16H24N4. The zero-order chi connectivity index (χ0) is 14.2. The van der Waals surface area contributed by atoms with E-state index in [9.17, 15) is 0 Å². The van der Waals surface area contributed by atoms with Crippen molar-refractivity contribution in [2.75, 3.05) is 13.1 Å². The molecule has 0 radical (unpaired) electrons. The number of fused-ring (bicyclic) bond motifs is 1. The average Bonchev–Trinajstić information content (AvgIpc) is 2.79. The summed E-state index contributed by atoms with van der Waals surface area (Å²) < 4.78 is 2.34. The number of pyridine rings is 1. The minimum atomic E-state index is 0.0444. The summed E-state index contributed by atoms with van der Waals surface area (Å²) in [5, 5.41) is 3.50. The largest absolute Gasteiger partial charge is 0.316 e. The fourth-order valence-corrected chi connectivity index (χ4v) is 3.04. The predicted molar refractivity (Wildman–Crippen MR) is 81.8 cm³/mol. The van der Waals surface area contributed by atoms with E-state index in [1.807, 2.05) is 12.3 Å². The maximum Gasteiger partial charge on any atom is 0.160 e. The fourth-order valence-electron chi connectivity index (χ4n) is 3.04. The summed E-state index contributed by atoms with van der Waals surface area (Å²) in [5.74, 6) is 1.83. The highest BCUT2D eigenvalue weighted by Crippen LogP contribution is 2.27. The van der Waals surface area contributed by atoms with Crippen molar-refractivity contribution in [3.8, 4) is 0 Å². The van der Waals surface area contributed by atoms with Crippen LogP contribution in [-0.2, 0) is 12.0 Å². The van der Waals surface area contributed by atoms with Crippen molar-refractivity contribution in [3.63, 3.8) is 0 Å². The van der Waals surface area contributed by atoms with Crippen LogP contribution in [0.1, 0.15) is 39.4 Å². The van der Waals surface area contributed by atoms with Crippen molar-refractivity contribution in [2.45, 2.75) is 45.6 Å². The minimum absolute atomic E-state index is 0.0444. The van der Waals surface area contributed by atoms with E-state index in [0.717, 1.165) is 36.6 Å². The quantitative estimate of drug-likeness (QED) is 0.914. The number of aromatic nitrogens is 3. The van der Waals surface area contributed by atoms with E-state index in [-0.39, 0.29) is 5.41 Å². The summed E-state index contributed by atoms with van der Waals surface area (Å²) in [7, 11) is 0. The van der Waals surface area contributed by atoms with Crippen molar-refractivity contribution in [1.29, 1.82) is 0 Å². The highest BCUT2D eigenvalue weighted by molar-refractivity contribution is 5.71. The van der Waals surface area contributed by atoms with Gasteiger partial charge in [-0.1, -0.05) is 20.8 Å². The molecule has 0 aromatic carbocycles. The van der Waals surface area contributed by atoms with Crippen molar-refractivity contribution < 1.29 is 0 Å². The molecule has 0 saturated carbocycles. The lowest BCUT2D eigenvalue weighted by Gasteiger charge is -2.26. The molecule has 2 aromatic rings. The second-order valence-electron chi connectivity index (χ2n) is 6.85. The molecule has 0 amide bonds. The third-order valence-electron chi connectivity index (χ3n) is 4.01. The molecule has 1 fully saturated rings. The lowest BCUT2D eigenvalue weighted by molar-refractivity contribution is 0.329. The van der Waals surface area contributed by atoms with E-state index in [2.05, 4.69) is 41.7 Å². The highest BCUT2D eigenvalue weighted by Gasteiger charge is 2.25.